The summed E-state index contributed by atoms with van der Waals surface area (Å²) in [6.07, 6.45) is 4.26. The smallest absolute Gasteiger partial charge is 0.157 e. The number of halogens is 1. The standard InChI is InChI=1S/C19H16ClN3O/c20-14-6-7-17-16(11-14)19(13-4-5-13,23-18(12-24)22-17)9-8-15-3-1-2-10-21-15/h1-3,6-7,10-13,18,22-23H,4-5H2. The Balaban J connectivity index is 1.86. The number of carbonyl (C=O) groups is 1. The van der Waals surface area contributed by atoms with Gasteiger partial charge in [-0.15, -0.1) is 0 Å². The zero-order valence-electron chi connectivity index (χ0n) is 12.9. The van der Waals surface area contributed by atoms with Gasteiger partial charge in [-0.25, -0.2) is 4.98 Å². The maximum Gasteiger partial charge on any atom is 0.157 e. The van der Waals surface area contributed by atoms with Crippen LogP contribution in [0.2, 0.25) is 5.02 Å². The first-order valence-corrected chi connectivity index (χ1v) is 8.33. The lowest BCUT2D eigenvalue weighted by Gasteiger charge is -2.40. The van der Waals surface area contributed by atoms with Gasteiger partial charge in [0, 0.05) is 22.5 Å². The molecule has 0 radical (unpaired) electrons. The molecule has 2 aromatic rings. The number of aromatic nitrogens is 1. The van der Waals surface area contributed by atoms with Crippen molar-refractivity contribution in [2.24, 2.45) is 5.92 Å². The summed E-state index contributed by atoms with van der Waals surface area (Å²) in [5, 5.41) is 7.24. The molecular formula is C19H16ClN3O. The maximum absolute atomic E-state index is 11.4. The minimum absolute atomic E-state index is 0.357. The number of hydrogen-bond donors (Lipinski definition) is 2. The van der Waals surface area contributed by atoms with Gasteiger partial charge in [0.25, 0.3) is 0 Å². The second-order valence-electron chi connectivity index (χ2n) is 6.14. The van der Waals surface area contributed by atoms with Gasteiger partial charge >= 0.3 is 0 Å². The van der Waals surface area contributed by atoms with Crippen LogP contribution in [-0.2, 0) is 10.3 Å². The van der Waals surface area contributed by atoms with Crippen molar-refractivity contribution in [1.82, 2.24) is 10.3 Å². The van der Waals surface area contributed by atoms with Gasteiger partial charge in [-0.2, -0.15) is 0 Å². The van der Waals surface area contributed by atoms with Crippen LogP contribution >= 0.6 is 11.6 Å². The van der Waals surface area contributed by atoms with Gasteiger partial charge in [-0.3, -0.25) is 10.1 Å². The average Bonchev–Trinajstić information content (AvgIpc) is 3.46. The summed E-state index contributed by atoms with van der Waals surface area (Å²) in [5.74, 6) is 6.91. The zero-order chi connectivity index (χ0) is 16.6. The molecule has 1 aliphatic heterocycles. The quantitative estimate of drug-likeness (QED) is 0.653. The van der Waals surface area contributed by atoms with Crippen LogP contribution in [0.1, 0.15) is 24.1 Å². The highest BCUT2D eigenvalue weighted by atomic mass is 35.5. The Morgan fingerprint density at radius 3 is 2.88 bits per heavy atom. The highest BCUT2D eigenvalue weighted by Crippen LogP contribution is 2.49. The first-order chi connectivity index (χ1) is 11.7. The number of anilines is 1. The van der Waals surface area contributed by atoms with Crippen LogP contribution in [0.15, 0.2) is 42.6 Å². The lowest BCUT2D eigenvalue weighted by molar-refractivity contribution is -0.109. The van der Waals surface area contributed by atoms with E-state index in [2.05, 4.69) is 27.5 Å². The average molecular weight is 338 g/mol. The van der Waals surface area contributed by atoms with Crippen molar-refractivity contribution in [1.29, 1.82) is 0 Å². The van der Waals surface area contributed by atoms with E-state index in [0.717, 1.165) is 30.4 Å². The number of aldehydes is 1. The molecule has 4 rings (SSSR count). The van der Waals surface area contributed by atoms with Crippen LogP contribution in [0.5, 0.6) is 0 Å². The van der Waals surface area contributed by atoms with E-state index in [9.17, 15) is 4.79 Å². The maximum atomic E-state index is 11.4. The Bertz CT molecular complexity index is 839. The Morgan fingerprint density at radius 1 is 1.29 bits per heavy atom. The van der Waals surface area contributed by atoms with E-state index in [1.165, 1.54) is 0 Å². The van der Waals surface area contributed by atoms with Gasteiger partial charge < -0.3 is 5.32 Å². The van der Waals surface area contributed by atoms with Crippen LogP contribution < -0.4 is 10.6 Å². The molecule has 0 spiro atoms. The predicted molar refractivity (Wildman–Crippen MR) is 93.6 cm³/mol. The van der Waals surface area contributed by atoms with Crippen molar-refractivity contribution in [3.63, 3.8) is 0 Å². The molecule has 120 valence electrons. The molecule has 2 aliphatic rings. The molecule has 0 amide bonds. The second kappa shape index (κ2) is 5.94. The molecule has 0 bridgehead atoms. The molecule has 2 N–H and O–H groups in total. The number of rotatable bonds is 2. The molecule has 0 saturated heterocycles. The summed E-state index contributed by atoms with van der Waals surface area (Å²) in [6.45, 7) is 0. The van der Waals surface area contributed by atoms with E-state index in [4.69, 9.17) is 11.6 Å². The summed E-state index contributed by atoms with van der Waals surface area (Å²) >= 11 is 6.23. The second-order valence-corrected chi connectivity index (χ2v) is 6.58. The third-order valence-electron chi connectivity index (χ3n) is 4.48. The molecule has 1 saturated carbocycles. The monoisotopic (exact) mass is 337 g/mol. The summed E-state index contributed by atoms with van der Waals surface area (Å²) < 4.78 is 0. The lowest BCUT2D eigenvalue weighted by atomic mass is 9.82. The number of benzene rings is 1. The Morgan fingerprint density at radius 2 is 2.17 bits per heavy atom. The number of pyridine rings is 1. The summed E-state index contributed by atoms with van der Waals surface area (Å²) in [4.78, 5) is 15.7. The molecule has 1 fully saturated rings. The van der Waals surface area contributed by atoms with Gasteiger partial charge in [0.05, 0.1) is 0 Å². The molecule has 5 heteroatoms. The molecule has 2 heterocycles. The molecule has 2 atom stereocenters. The van der Waals surface area contributed by atoms with E-state index in [-0.39, 0.29) is 0 Å². The molecule has 1 aromatic heterocycles. The van der Waals surface area contributed by atoms with E-state index in [0.29, 0.717) is 16.6 Å². The molecule has 2 unspecified atom stereocenters. The number of nitrogens with zero attached hydrogens (tertiary/aromatic N) is 1. The van der Waals surface area contributed by atoms with Crippen molar-refractivity contribution >= 4 is 23.6 Å². The predicted octanol–water partition coefficient (Wildman–Crippen LogP) is 2.93. The Labute approximate surface area is 145 Å². The third kappa shape index (κ3) is 2.66. The van der Waals surface area contributed by atoms with Crippen molar-refractivity contribution < 1.29 is 4.79 Å². The number of nitrogens with one attached hydrogen (secondary N) is 2. The first-order valence-electron chi connectivity index (χ1n) is 7.95. The molecule has 4 nitrogen and oxygen atoms in total. The lowest BCUT2D eigenvalue weighted by Crippen LogP contribution is -2.56. The van der Waals surface area contributed by atoms with Gasteiger partial charge in [0.1, 0.15) is 17.4 Å². The molecule has 24 heavy (non-hydrogen) atoms. The Hall–Kier alpha value is -2.35. The molecule has 1 aromatic carbocycles. The van der Waals surface area contributed by atoms with Gasteiger partial charge in [0.2, 0.25) is 0 Å². The minimum atomic E-state index is -0.589. The topological polar surface area (TPSA) is 54.0 Å². The van der Waals surface area contributed by atoms with Gasteiger partial charge in [-0.1, -0.05) is 23.6 Å². The molecular weight excluding hydrogens is 322 g/mol. The van der Waals surface area contributed by atoms with Crippen LogP contribution in [0.3, 0.4) is 0 Å². The van der Waals surface area contributed by atoms with Crippen molar-refractivity contribution in [3.05, 3.63) is 58.9 Å². The van der Waals surface area contributed by atoms with Crippen molar-refractivity contribution in [2.75, 3.05) is 5.32 Å². The zero-order valence-corrected chi connectivity index (χ0v) is 13.7. The van der Waals surface area contributed by atoms with Crippen LogP contribution in [0, 0.1) is 17.8 Å². The van der Waals surface area contributed by atoms with Crippen LogP contribution in [0.25, 0.3) is 0 Å². The minimum Gasteiger partial charge on any atom is -0.364 e. The SMILES string of the molecule is O=CC1Nc2ccc(Cl)cc2C(C#Cc2ccccn2)(C2CC2)N1. The van der Waals surface area contributed by atoms with Gasteiger partial charge in [-0.05, 0) is 55.0 Å². The van der Waals surface area contributed by atoms with E-state index in [1.54, 1.807) is 6.20 Å². The number of fused-ring (bicyclic) bond motifs is 1. The fourth-order valence-corrected chi connectivity index (χ4v) is 3.39. The largest absolute Gasteiger partial charge is 0.364 e. The fraction of sp³-hybridized carbons (Fsp3) is 0.263. The molecule has 1 aliphatic carbocycles. The summed E-state index contributed by atoms with van der Waals surface area (Å²) in [7, 11) is 0. The summed E-state index contributed by atoms with van der Waals surface area (Å²) in [6, 6.07) is 11.3. The third-order valence-corrected chi connectivity index (χ3v) is 4.71. The normalized spacial score (nSPS) is 25.0. The number of carbonyl (C=O) groups excluding carboxylic acids is 1. The van der Waals surface area contributed by atoms with E-state index < -0.39 is 11.7 Å². The number of hydrogen-bond acceptors (Lipinski definition) is 4. The summed E-state index contributed by atoms with van der Waals surface area (Å²) in [5.41, 5.74) is 2.02. The van der Waals surface area contributed by atoms with Crippen LogP contribution in [-0.4, -0.2) is 17.4 Å². The Kier molecular flexibility index (Phi) is 3.76. The van der Waals surface area contributed by atoms with Crippen molar-refractivity contribution in [3.8, 4) is 11.8 Å². The highest BCUT2D eigenvalue weighted by molar-refractivity contribution is 6.30. The fourth-order valence-electron chi connectivity index (χ4n) is 3.22. The van der Waals surface area contributed by atoms with Gasteiger partial charge in [0.15, 0.2) is 6.29 Å². The van der Waals surface area contributed by atoms with Crippen molar-refractivity contribution in [2.45, 2.75) is 24.5 Å². The first kappa shape index (κ1) is 15.2. The van der Waals surface area contributed by atoms with Crippen LogP contribution in [0.4, 0.5) is 5.69 Å². The highest BCUT2D eigenvalue weighted by Gasteiger charge is 2.50. The van der Waals surface area contributed by atoms with E-state index in [1.807, 2.05) is 36.4 Å². The van der Waals surface area contributed by atoms with E-state index >= 15 is 0 Å².